The number of nitrogens with one attached hydrogen (secondary N) is 1. The van der Waals surface area contributed by atoms with Crippen molar-refractivity contribution in [2.45, 2.75) is 46.6 Å². The summed E-state index contributed by atoms with van der Waals surface area (Å²) >= 11 is 0. The molecule has 34 heavy (non-hydrogen) atoms. The quantitative estimate of drug-likeness (QED) is 0.495. The van der Waals surface area contributed by atoms with Gasteiger partial charge in [0.25, 0.3) is 0 Å². The van der Waals surface area contributed by atoms with Crippen molar-refractivity contribution in [1.82, 2.24) is 19.4 Å². The smallest absolute Gasteiger partial charge is 0.348 e. The van der Waals surface area contributed by atoms with Crippen LogP contribution in [-0.4, -0.2) is 52.7 Å². The Balaban J connectivity index is 1.48. The number of benzene rings is 1. The van der Waals surface area contributed by atoms with Crippen LogP contribution in [0.25, 0.3) is 10.9 Å². The number of nitrogens with zero attached hydrogens (tertiary/aromatic N) is 5. The highest BCUT2D eigenvalue weighted by Gasteiger charge is 2.14. The molecule has 2 unspecified atom stereocenters. The Morgan fingerprint density at radius 2 is 1.71 bits per heavy atom. The predicted molar refractivity (Wildman–Crippen MR) is 141 cm³/mol. The minimum atomic E-state index is -0.197. The fraction of sp³-hybridized carbons (Fsp3) is 0.519. The topological polar surface area (TPSA) is 66.3 Å². The van der Waals surface area contributed by atoms with Crippen molar-refractivity contribution < 1.29 is 0 Å². The summed E-state index contributed by atoms with van der Waals surface area (Å²) in [5.41, 5.74) is 2.91. The van der Waals surface area contributed by atoms with Crippen LogP contribution in [0.5, 0.6) is 0 Å². The average molecular weight is 463 g/mol. The van der Waals surface area contributed by atoms with Crippen molar-refractivity contribution in [2.24, 2.45) is 11.8 Å². The van der Waals surface area contributed by atoms with Crippen molar-refractivity contribution in [3.05, 3.63) is 53.2 Å². The van der Waals surface area contributed by atoms with Crippen molar-refractivity contribution >= 4 is 28.1 Å². The van der Waals surface area contributed by atoms with Gasteiger partial charge in [-0.25, -0.2) is 14.8 Å². The Kier molecular flexibility index (Phi) is 7.83. The summed E-state index contributed by atoms with van der Waals surface area (Å²) < 4.78 is 1.80. The first kappa shape index (κ1) is 24.2. The van der Waals surface area contributed by atoms with Gasteiger partial charge in [-0.3, -0.25) is 4.57 Å². The third-order valence-electron chi connectivity index (χ3n) is 7.10. The molecule has 0 saturated carbocycles. The molecule has 1 aromatic carbocycles. The van der Waals surface area contributed by atoms with Gasteiger partial charge >= 0.3 is 5.69 Å². The Labute approximate surface area is 202 Å². The summed E-state index contributed by atoms with van der Waals surface area (Å²) in [6.45, 7) is 11.8. The molecule has 7 nitrogen and oxygen atoms in total. The lowest BCUT2D eigenvalue weighted by Crippen LogP contribution is -2.44. The summed E-state index contributed by atoms with van der Waals surface area (Å²) in [6.07, 6.45) is 6.75. The van der Waals surface area contributed by atoms with Crippen LogP contribution in [-0.2, 0) is 6.54 Å². The molecular weight excluding hydrogens is 424 g/mol. The number of pyridine rings is 1. The molecule has 0 amide bonds. The molecule has 1 aliphatic heterocycles. The largest absolute Gasteiger partial charge is 0.369 e. The Hall–Kier alpha value is -2.93. The van der Waals surface area contributed by atoms with E-state index in [0.717, 1.165) is 55.0 Å². The van der Waals surface area contributed by atoms with Gasteiger partial charge in [-0.2, -0.15) is 0 Å². The zero-order valence-electron chi connectivity index (χ0n) is 21.0. The van der Waals surface area contributed by atoms with Gasteiger partial charge in [0.15, 0.2) is 0 Å². The number of likely N-dealkylation sites (N-methyl/N-ethyl adjacent to an activating group) is 1. The van der Waals surface area contributed by atoms with E-state index in [2.05, 4.69) is 77.2 Å². The highest BCUT2D eigenvalue weighted by Crippen LogP contribution is 2.24. The van der Waals surface area contributed by atoms with Crippen LogP contribution in [0.3, 0.4) is 0 Å². The number of piperazine rings is 1. The SMILES string of the molecule is CCC(C)CC(C)CCn1c(=O)ncc2cnc(Nc3ccc(N4CCN(C)CC4)cc3)cc21. The van der Waals surface area contributed by atoms with Crippen LogP contribution < -0.4 is 15.9 Å². The summed E-state index contributed by atoms with van der Waals surface area (Å²) in [5.74, 6) is 2.00. The molecule has 182 valence electrons. The zero-order valence-corrected chi connectivity index (χ0v) is 21.0. The number of fused-ring (bicyclic) bond motifs is 1. The highest BCUT2D eigenvalue weighted by molar-refractivity contribution is 5.80. The van der Waals surface area contributed by atoms with Gasteiger partial charge < -0.3 is 15.1 Å². The zero-order chi connectivity index (χ0) is 24.1. The minimum Gasteiger partial charge on any atom is -0.369 e. The lowest BCUT2D eigenvalue weighted by molar-refractivity contribution is 0.313. The number of rotatable bonds is 9. The molecule has 4 rings (SSSR count). The maximum atomic E-state index is 12.6. The fourth-order valence-corrected chi connectivity index (χ4v) is 4.66. The second kappa shape index (κ2) is 11.0. The molecule has 3 heterocycles. The summed E-state index contributed by atoms with van der Waals surface area (Å²) in [7, 11) is 2.17. The van der Waals surface area contributed by atoms with Crippen LogP contribution >= 0.6 is 0 Å². The van der Waals surface area contributed by atoms with Crippen LogP contribution in [0, 0.1) is 11.8 Å². The van der Waals surface area contributed by atoms with E-state index in [4.69, 9.17) is 0 Å². The van der Waals surface area contributed by atoms with Crippen molar-refractivity contribution in [2.75, 3.05) is 43.4 Å². The normalized spacial score (nSPS) is 16.5. The van der Waals surface area contributed by atoms with Gasteiger partial charge in [-0.05, 0) is 56.0 Å². The fourth-order valence-electron chi connectivity index (χ4n) is 4.66. The molecule has 0 aliphatic carbocycles. The van der Waals surface area contributed by atoms with Crippen LogP contribution in [0.4, 0.5) is 17.2 Å². The van der Waals surface area contributed by atoms with Crippen LogP contribution in [0.15, 0.2) is 47.5 Å². The molecule has 1 saturated heterocycles. The molecule has 1 fully saturated rings. The minimum absolute atomic E-state index is 0.197. The first-order valence-corrected chi connectivity index (χ1v) is 12.6. The van der Waals surface area contributed by atoms with E-state index in [0.29, 0.717) is 18.4 Å². The van der Waals surface area contributed by atoms with E-state index in [1.807, 2.05) is 6.07 Å². The second-order valence-electron chi connectivity index (χ2n) is 9.93. The average Bonchev–Trinajstić information content (AvgIpc) is 2.84. The third-order valence-corrected chi connectivity index (χ3v) is 7.10. The monoisotopic (exact) mass is 462 g/mol. The van der Waals surface area contributed by atoms with E-state index in [-0.39, 0.29) is 5.69 Å². The lowest BCUT2D eigenvalue weighted by Gasteiger charge is -2.34. The predicted octanol–water partition coefficient (Wildman–Crippen LogP) is 4.75. The molecule has 7 heteroatoms. The third kappa shape index (κ3) is 5.95. The maximum absolute atomic E-state index is 12.6. The van der Waals surface area contributed by atoms with Crippen molar-refractivity contribution in [3.8, 4) is 0 Å². The molecule has 1 aliphatic rings. The van der Waals surface area contributed by atoms with Gasteiger partial charge in [0.05, 0.1) is 5.52 Å². The molecular formula is C27H38N6O. The van der Waals surface area contributed by atoms with Crippen molar-refractivity contribution in [3.63, 3.8) is 0 Å². The van der Waals surface area contributed by atoms with Crippen LogP contribution in [0.1, 0.15) is 40.0 Å². The molecule has 3 aromatic rings. The maximum Gasteiger partial charge on any atom is 0.348 e. The summed E-state index contributed by atoms with van der Waals surface area (Å²) in [5, 5.41) is 4.28. The van der Waals surface area contributed by atoms with Gasteiger partial charge in [-0.1, -0.05) is 27.2 Å². The number of aryl methyl sites for hydroxylation is 1. The molecule has 0 spiro atoms. The summed E-state index contributed by atoms with van der Waals surface area (Å²) in [6, 6.07) is 10.5. The Bertz CT molecular complexity index is 1130. The van der Waals surface area contributed by atoms with E-state index >= 15 is 0 Å². The molecule has 1 N–H and O–H groups in total. The molecule has 2 aromatic heterocycles. The number of hydrogen-bond donors (Lipinski definition) is 1. The highest BCUT2D eigenvalue weighted by atomic mass is 16.1. The van der Waals surface area contributed by atoms with E-state index in [1.165, 1.54) is 18.5 Å². The molecule has 0 bridgehead atoms. The number of anilines is 3. The lowest BCUT2D eigenvalue weighted by atomic mass is 9.93. The first-order chi connectivity index (χ1) is 16.4. The first-order valence-electron chi connectivity index (χ1n) is 12.6. The van der Waals surface area contributed by atoms with Gasteiger partial charge in [0.1, 0.15) is 5.82 Å². The van der Waals surface area contributed by atoms with Gasteiger partial charge in [0, 0.05) is 67.9 Å². The number of aromatic nitrogens is 3. The van der Waals surface area contributed by atoms with Gasteiger partial charge in [0.2, 0.25) is 0 Å². The standard InChI is InChI=1S/C27H38N6O/c1-5-20(2)16-21(3)10-11-33-25-17-26(28-18-22(25)19-29-27(33)34)30-23-6-8-24(9-7-23)32-14-12-31(4)13-15-32/h6-9,17-21H,5,10-16H2,1-4H3,(H,28,30). The van der Waals surface area contributed by atoms with E-state index in [9.17, 15) is 4.79 Å². The van der Waals surface area contributed by atoms with Crippen LogP contribution in [0.2, 0.25) is 0 Å². The van der Waals surface area contributed by atoms with Gasteiger partial charge in [-0.15, -0.1) is 0 Å². The van der Waals surface area contributed by atoms with Crippen molar-refractivity contribution in [1.29, 1.82) is 0 Å². The molecule has 2 atom stereocenters. The number of hydrogen-bond acceptors (Lipinski definition) is 6. The Morgan fingerprint density at radius 3 is 2.41 bits per heavy atom. The van der Waals surface area contributed by atoms with E-state index in [1.54, 1.807) is 17.0 Å². The Morgan fingerprint density at radius 1 is 1.00 bits per heavy atom. The molecule has 0 radical (unpaired) electrons. The van der Waals surface area contributed by atoms with E-state index < -0.39 is 0 Å². The summed E-state index contributed by atoms with van der Waals surface area (Å²) in [4.78, 5) is 26.0. The second-order valence-corrected chi connectivity index (χ2v) is 9.93.